The molecule has 0 bridgehead atoms. The molecule has 5 nitrogen and oxygen atoms in total. The first-order valence-corrected chi connectivity index (χ1v) is 4.64. The third-order valence-electron chi connectivity index (χ3n) is 2.08. The van der Waals surface area contributed by atoms with E-state index in [1.165, 1.54) is 12.1 Å². The molecular weight excluding hydrogens is 213 g/mol. The lowest BCUT2D eigenvalue weighted by atomic mass is 10.1. The van der Waals surface area contributed by atoms with Crippen LogP contribution in [0.25, 0.3) is 11.4 Å². The number of aromatic hydroxyl groups is 1. The van der Waals surface area contributed by atoms with Gasteiger partial charge in [-0.2, -0.15) is 4.98 Å². The maximum absolute atomic E-state index is 13.6. The van der Waals surface area contributed by atoms with E-state index in [0.29, 0.717) is 5.56 Å². The van der Waals surface area contributed by atoms with Gasteiger partial charge in [-0.3, -0.25) is 0 Å². The minimum absolute atomic E-state index is 0.0805. The smallest absolute Gasteiger partial charge is 0.240 e. The highest BCUT2D eigenvalue weighted by Gasteiger charge is 2.15. The number of nitrogens with zero attached hydrogens (tertiary/aromatic N) is 2. The molecule has 84 valence electrons. The fourth-order valence-corrected chi connectivity index (χ4v) is 1.36. The van der Waals surface area contributed by atoms with Crippen molar-refractivity contribution in [2.75, 3.05) is 0 Å². The van der Waals surface area contributed by atoms with E-state index in [1.807, 2.05) is 0 Å². The third-order valence-corrected chi connectivity index (χ3v) is 2.08. The van der Waals surface area contributed by atoms with Crippen LogP contribution in [0.5, 0.6) is 5.75 Å². The highest BCUT2D eigenvalue weighted by Crippen LogP contribution is 2.28. The van der Waals surface area contributed by atoms with Crippen molar-refractivity contribution in [3.8, 4) is 17.1 Å². The molecule has 1 heterocycles. The molecule has 6 heteroatoms. The van der Waals surface area contributed by atoms with Crippen molar-refractivity contribution in [2.24, 2.45) is 5.73 Å². The predicted octanol–water partition coefficient (Wildman–Crippen LogP) is 1.35. The molecule has 2 rings (SSSR count). The summed E-state index contributed by atoms with van der Waals surface area (Å²) in [7, 11) is 0. The van der Waals surface area contributed by atoms with Crippen LogP contribution in [0.3, 0.4) is 0 Å². The minimum atomic E-state index is -0.769. The van der Waals surface area contributed by atoms with Crippen LogP contribution in [0, 0.1) is 12.7 Å². The quantitative estimate of drug-likeness (QED) is 0.802. The van der Waals surface area contributed by atoms with Crippen molar-refractivity contribution < 1.29 is 14.0 Å². The molecule has 0 fully saturated rings. The first kappa shape index (κ1) is 10.6. The Morgan fingerprint density at radius 3 is 2.88 bits per heavy atom. The predicted molar refractivity (Wildman–Crippen MR) is 54.0 cm³/mol. The van der Waals surface area contributed by atoms with Crippen LogP contribution in [-0.2, 0) is 6.54 Å². The monoisotopic (exact) mass is 223 g/mol. The van der Waals surface area contributed by atoms with E-state index < -0.39 is 11.6 Å². The molecule has 0 aliphatic rings. The summed E-state index contributed by atoms with van der Waals surface area (Å²) >= 11 is 0. The Bertz CT molecular complexity index is 525. The Morgan fingerprint density at radius 2 is 2.25 bits per heavy atom. The minimum Gasteiger partial charge on any atom is -0.505 e. The molecule has 0 spiro atoms. The van der Waals surface area contributed by atoms with Crippen molar-refractivity contribution in [3.05, 3.63) is 29.4 Å². The van der Waals surface area contributed by atoms with E-state index in [0.717, 1.165) is 0 Å². The lowest BCUT2D eigenvalue weighted by Gasteiger charge is -2.02. The van der Waals surface area contributed by atoms with Crippen LogP contribution in [0.2, 0.25) is 0 Å². The second kappa shape index (κ2) is 3.90. The van der Waals surface area contributed by atoms with E-state index in [9.17, 15) is 9.50 Å². The molecule has 0 unspecified atom stereocenters. The fourth-order valence-electron chi connectivity index (χ4n) is 1.36. The van der Waals surface area contributed by atoms with E-state index in [1.54, 1.807) is 6.92 Å². The number of phenols is 1. The van der Waals surface area contributed by atoms with Gasteiger partial charge in [0.05, 0.1) is 12.1 Å². The van der Waals surface area contributed by atoms with E-state index >= 15 is 0 Å². The average molecular weight is 223 g/mol. The summed E-state index contributed by atoms with van der Waals surface area (Å²) in [5.74, 6) is -0.906. The molecule has 0 radical (unpaired) electrons. The van der Waals surface area contributed by atoms with Gasteiger partial charge >= 0.3 is 0 Å². The van der Waals surface area contributed by atoms with Gasteiger partial charge in [-0.05, 0) is 24.6 Å². The van der Waals surface area contributed by atoms with Gasteiger partial charge in [-0.1, -0.05) is 5.16 Å². The number of hydrogen-bond donors (Lipinski definition) is 2. The molecule has 0 saturated heterocycles. The van der Waals surface area contributed by atoms with Crippen molar-refractivity contribution in [2.45, 2.75) is 13.5 Å². The average Bonchev–Trinajstić information content (AvgIpc) is 2.71. The molecule has 0 saturated carbocycles. The highest BCUT2D eigenvalue weighted by molar-refractivity contribution is 5.59. The lowest BCUT2D eigenvalue weighted by molar-refractivity contribution is 0.380. The summed E-state index contributed by atoms with van der Waals surface area (Å²) < 4.78 is 18.3. The zero-order valence-electron chi connectivity index (χ0n) is 8.57. The van der Waals surface area contributed by atoms with Crippen LogP contribution >= 0.6 is 0 Å². The molecule has 0 atom stereocenters. The topological polar surface area (TPSA) is 85.2 Å². The summed E-state index contributed by atoms with van der Waals surface area (Å²) in [5, 5.41) is 12.9. The number of nitrogens with two attached hydrogens (primary N) is 1. The van der Waals surface area contributed by atoms with Crippen molar-refractivity contribution in [3.63, 3.8) is 0 Å². The van der Waals surface area contributed by atoms with Gasteiger partial charge in [0.1, 0.15) is 0 Å². The number of halogens is 1. The van der Waals surface area contributed by atoms with E-state index in [-0.39, 0.29) is 23.8 Å². The van der Waals surface area contributed by atoms with E-state index in [2.05, 4.69) is 10.1 Å². The summed E-state index contributed by atoms with van der Waals surface area (Å²) in [6.07, 6.45) is 0. The molecular formula is C10H10FN3O2. The number of hydrogen-bond acceptors (Lipinski definition) is 5. The second-order valence-corrected chi connectivity index (χ2v) is 3.36. The molecule has 3 N–H and O–H groups in total. The zero-order valence-corrected chi connectivity index (χ0v) is 8.57. The summed E-state index contributed by atoms with van der Waals surface area (Å²) in [5.41, 5.74) is 6.10. The lowest BCUT2D eigenvalue weighted by Crippen LogP contribution is -1.96. The normalized spacial score (nSPS) is 10.7. The van der Waals surface area contributed by atoms with Crippen molar-refractivity contribution in [1.82, 2.24) is 10.1 Å². The maximum atomic E-state index is 13.6. The Kier molecular flexibility index (Phi) is 2.57. The number of rotatable bonds is 2. The molecule has 2 aromatic rings. The molecule has 16 heavy (non-hydrogen) atoms. The van der Waals surface area contributed by atoms with E-state index in [4.69, 9.17) is 10.3 Å². The van der Waals surface area contributed by atoms with Crippen LogP contribution in [-0.4, -0.2) is 15.2 Å². The number of phenolic OH excluding ortho intramolecular Hbond substituents is 1. The molecule has 0 aliphatic carbocycles. The van der Waals surface area contributed by atoms with Gasteiger partial charge in [-0.15, -0.1) is 0 Å². The zero-order chi connectivity index (χ0) is 11.7. The van der Waals surface area contributed by atoms with Gasteiger partial charge in [0.25, 0.3) is 0 Å². The van der Waals surface area contributed by atoms with Crippen LogP contribution < -0.4 is 5.73 Å². The fraction of sp³-hybridized carbons (Fsp3) is 0.200. The Labute approximate surface area is 90.7 Å². The number of aryl methyl sites for hydroxylation is 1. The number of benzene rings is 1. The first-order chi connectivity index (χ1) is 7.61. The largest absolute Gasteiger partial charge is 0.505 e. The SMILES string of the molecule is Cc1cc(O)c(F)c(-c2noc(CN)n2)c1. The van der Waals surface area contributed by atoms with Gasteiger partial charge in [-0.25, -0.2) is 4.39 Å². The van der Waals surface area contributed by atoms with Gasteiger partial charge in [0.15, 0.2) is 11.6 Å². The Morgan fingerprint density at radius 1 is 1.50 bits per heavy atom. The Balaban J connectivity index is 2.54. The summed E-state index contributed by atoms with van der Waals surface area (Å²) in [6, 6.07) is 2.85. The second-order valence-electron chi connectivity index (χ2n) is 3.36. The molecule has 0 amide bonds. The Hall–Kier alpha value is -1.95. The van der Waals surface area contributed by atoms with Crippen LogP contribution in [0.1, 0.15) is 11.5 Å². The van der Waals surface area contributed by atoms with Crippen molar-refractivity contribution in [1.29, 1.82) is 0 Å². The van der Waals surface area contributed by atoms with Crippen LogP contribution in [0.4, 0.5) is 4.39 Å². The van der Waals surface area contributed by atoms with Crippen LogP contribution in [0.15, 0.2) is 16.7 Å². The highest BCUT2D eigenvalue weighted by atomic mass is 19.1. The van der Waals surface area contributed by atoms with Crippen molar-refractivity contribution >= 4 is 0 Å². The van der Waals surface area contributed by atoms with Gasteiger partial charge in [0, 0.05) is 0 Å². The summed E-state index contributed by atoms with van der Waals surface area (Å²) in [6.45, 7) is 1.82. The first-order valence-electron chi connectivity index (χ1n) is 4.64. The molecule has 1 aromatic heterocycles. The number of aromatic nitrogens is 2. The molecule has 0 aliphatic heterocycles. The summed E-state index contributed by atoms with van der Waals surface area (Å²) in [4.78, 5) is 3.89. The third kappa shape index (κ3) is 1.74. The van der Waals surface area contributed by atoms with Gasteiger partial charge < -0.3 is 15.4 Å². The maximum Gasteiger partial charge on any atom is 0.240 e. The standard InChI is InChI=1S/C10H10FN3O2/c1-5-2-6(9(11)7(15)3-5)10-13-8(4-12)16-14-10/h2-3,15H,4,12H2,1H3. The molecule has 1 aromatic carbocycles. The van der Waals surface area contributed by atoms with Gasteiger partial charge in [0.2, 0.25) is 11.7 Å².